The fourth-order valence-corrected chi connectivity index (χ4v) is 4.44. The third-order valence-electron chi connectivity index (χ3n) is 6.08. The van der Waals surface area contributed by atoms with Gasteiger partial charge in [0.1, 0.15) is 5.82 Å². The molecule has 1 aromatic heterocycles. The molecule has 2 atom stereocenters. The Hall–Kier alpha value is -1.66. The first kappa shape index (κ1) is 20.1. The number of hydrogen-bond acceptors (Lipinski definition) is 4. The molecule has 0 spiro atoms. The number of hydrogen-bond donors (Lipinski definition) is 3. The van der Waals surface area contributed by atoms with Gasteiger partial charge in [0.2, 0.25) is 0 Å². The second-order valence-electron chi connectivity index (χ2n) is 7.96. The lowest BCUT2D eigenvalue weighted by Crippen LogP contribution is -2.36. The van der Waals surface area contributed by atoms with Crippen LogP contribution >= 0.6 is 0 Å². The van der Waals surface area contributed by atoms with E-state index in [1.54, 1.807) is 0 Å². The monoisotopic (exact) mass is 372 g/mol. The summed E-state index contributed by atoms with van der Waals surface area (Å²) in [6.07, 6.45) is 15.3. The molecule has 0 aromatic carbocycles. The van der Waals surface area contributed by atoms with Crippen LogP contribution in [0.2, 0.25) is 0 Å². The summed E-state index contributed by atoms with van der Waals surface area (Å²) in [6, 6.07) is 1.04. The molecule has 0 bridgehead atoms. The second-order valence-corrected chi connectivity index (χ2v) is 7.96. The number of H-pyrrole nitrogens is 1. The van der Waals surface area contributed by atoms with Gasteiger partial charge in [0.05, 0.1) is 12.4 Å². The van der Waals surface area contributed by atoms with E-state index >= 15 is 0 Å². The van der Waals surface area contributed by atoms with Gasteiger partial charge in [0.25, 0.3) is 0 Å². The van der Waals surface area contributed by atoms with Gasteiger partial charge in [0, 0.05) is 36.4 Å². The highest BCUT2D eigenvalue weighted by Crippen LogP contribution is 2.34. The van der Waals surface area contributed by atoms with Crippen LogP contribution < -0.4 is 11.1 Å². The summed E-state index contributed by atoms with van der Waals surface area (Å²) in [4.78, 5) is 14.7. The SMILES string of the molecule is C=CN(C=NCC)C1CCC(c2cnc([C@@H](N)CC3CCCCN3)[nH]2)CC1. The average molecular weight is 373 g/mol. The molecule has 2 fully saturated rings. The van der Waals surface area contributed by atoms with Crippen molar-refractivity contribution in [3.05, 3.63) is 30.5 Å². The first-order chi connectivity index (χ1) is 13.2. The first-order valence-electron chi connectivity index (χ1n) is 10.6. The number of aliphatic imine (C=N–C) groups is 1. The van der Waals surface area contributed by atoms with Gasteiger partial charge in [-0.25, -0.2) is 4.98 Å². The molecule has 150 valence electrons. The Kier molecular flexibility index (Phi) is 7.47. The van der Waals surface area contributed by atoms with E-state index in [0.717, 1.165) is 51.0 Å². The predicted octanol–water partition coefficient (Wildman–Crippen LogP) is 3.46. The van der Waals surface area contributed by atoms with Crippen molar-refractivity contribution in [3.63, 3.8) is 0 Å². The van der Waals surface area contributed by atoms with Crippen LogP contribution in [0.4, 0.5) is 0 Å². The van der Waals surface area contributed by atoms with E-state index in [0.29, 0.717) is 18.0 Å². The van der Waals surface area contributed by atoms with Crippen molar-refractivity contribution in [2.24, 2.45) is 10.7 Å². The summed E-state index contributed by atoms with van der Waals surface area (Å²) in [5.41, 5.74) is 7.68. The molecule has 6 nitrogen and oxygen atoms in total. The largest absolute Gasteiger partial charge is 0.344 e. The predicted molar refractivity (Wildman–Crippen MR) is 112 cm³/mol. The third kappa shape index (κ3) is 5.42. The Balaban J connectivity index is 1.51. The van der Waals surface area contributed by atoms with Crippen molar-refractivity contribution < 1.29 is 0 Å². The van der Waals surface area contributed by atoms with Crippen LogP contribution in [0.3, 0.4) is 0 Å². The maximum Gasteiger partial charge on any atom is 0.123 e. The molecule has 4 N–H and O–H groups in total. The molecule has 1 aromatic rings. The lowest BCUT2D eigenvalue weighted by molar-refractivity contribution is 0.282. The Bertz CT molecular complexity index is 596. The summed E-state index contributed by atoms with van der Waals surface area (Å²) in [5, 5.41) is 3.58. The first-order valence-corrected chi connectivity index (χ1v) is 10.6. The fraction of sp³-hybridized carbons (Fsp3) is 0.714. The number of rotatable bonds is 8. The van der Waals surface area contributed by atoms with Gasteiger partial charge in [-0.05, 0) is 64.6 Å². The lowest BCUT2D eigenvalue weighted by atomic mass is 9.84. The lowest BCUT2D eigenvalue weighted by Gasteiger charge is -2.33. The standard InChI is InChI=1S/C21H36N6/c1-3-23-15-27(4-2)18-10-8-16(9-11-18)20-14-25-21(26-20)19(22)13-17-7-5-6-12-24-17/h4,14-19,24H,2-3,5-13,22H2,1H3,(H,25,26)/t16?,17?,18?,19-/m0/s1. The number of piperidine rings is 1. The zero-order chi connectivity index (χ0) is 19.1. The van der Waals surface area contributed by atoms with Crippen LogP contribution in [0.1, 0.15) is 81.8 Å². The minimum Gasteiger partial charge on any atom is -0.344 e. The smallest absolute Gasteiger partial charge is 0.123 e. The molecule has 2 aliphatic rings. The van der Waals surface area contributed by atoms with E-state index < -0.39 is 0 Å². The van der Waals surface area contributed by atoms with Crippen molar-refractivity contribution in [1.29, 1.82) is 0 Å². The highest BCUT2D eigenvalue weighted by atomic mass is 15.2. The summed E-state index contributed by atoms with van der Waals surface area (Å²) >= 11 is 0. The molecule has 0 amide bonds. The van der Waals surface area contributed by atoms with Crippen molar-refractivity contribution in [3.8, 4) is 0 Å². The van der Waals surface area contributed by atoms with Crippen LogP contribution in [0.15, 0.2) is 24.0 Å². The number of imidazole rings is 1. The van der Waals surface area contributed by atoms with E-state index in [-0.39, 0.29) is 6.04 Å². The quantitative estimate of drug-likeness (QED) is 0.482. The fourth-order valence-electron chi connectivity index (χ4n) is 4.44. The van der Waals surface area contributed by atoms with Gasteiger partial charge >= 0.3 is 0 Å². The Morgan fingerprint density at radius 3 is 2.81 bits per heavy atom. The van der Waals surface area contributed by atoms with Gasteiger partial charge in [-0.2, -0.15) is 0 Å². The van der Waals surface area contributed by atoms with Crippen LogP contribution in [0.5, 0.6) is 0 Å². The van der Waals surface area contributed by atoms with E-state index in [4.69, 9.17) is 5.73 Å². The van der Waals surface area contributed by atoms with E-state index in [1.165, 1.54) is 25.0 Å². The van der Waals surface area contributed by atoms with Crippen LogP contribution in [0.25, 0.3) is 0 Å². The molecule has 6 heteroatoms. The van der Waals surface area contributed by atoms with Crippen molar-refractivity contribution in [1.82, 2.24) is 20.2 Å². The molecule has 1 saturated carbocycles. The normalized spacial score (nSPS) is 27.6. The number of nitrogens with two attached hydrogens (primary N) is 1. The maximum atomic E-state index is 6.43. The summed E-state index contributed by atoms with van der Waals surface area (Å²) in [7, 11) is 0. The Morgan fingerprint density at radius 2 is 2.15 bits per heavy atom. The number of aromatic nitrogens is 2. The van der Waals surface area contributed by atoms with Crippen LogP contribution in [-0.2, 0) is 0 Å². The van der Waals surface area contributed by atoms with Crippen LogP contribution in [0, 0.1) is 0 Å². The minimum atomic E-state index is -0.00722. The molecule has 0 radical (unpaired) electrons. The van der Waals surface area contributed by atoms with Gasteiger partial charge in [-0.15, -0.1) is 0 Å². The van der Waals surface area contributed by atoms with E-state index in [9.17, 15) is 0 Å². The van der Waals surface area contributed by atoms with Crippen molar-refractivity contribution in [2.45, 2.75) is 82.3 Å². The highest BCUT2D eigenvalue weighted by molar-refractivity contribution is 5.57. The van der Waals surface area contributed by atoms with E-state index in [2.05, 4.69) is 38.7 Å². The van der Waals surface area contributed by atoms with Gasteiger partial charge in [-0.3, -0.25) is 4.99 Å². The minimum absolute atomic E-state index is 0.00722. The number of nitrogens with zero attached hydrogens (tertiary/aromatic N) is 3. The molecular weight excluding hydrogens is 336 g/mol. The molecular formula is C21H36N6. The Morgan fingerprint density at radius 1 is 1.33 bits per heavy atom. The highest BCUT2D eigenvalue weighted by Gasteiger charge is 2.27. The summed E-state index contributed by atoms with van der Waals surface area (Å²) < 4.78 is 0. The topological polar surface area (TPSA) is 82.3 Å². The summed E-state index contributed by atoms with van der Waals surface area (Å²) in [6.45, 7) is 7.92. The molecule has 3 rings (SSSR count). The Labute approximate surface area is 163 Å². The van der Waals surface area contributed by atoms with Gasteiger partial charge < -0.3 is 20.9 Å². The summed E-state index contributed by atoms with van der Waals surface area (Å²) in [5.74, 6) is 1.50. The molecule has 1 unspecified atom stereocenters. The second kappa shape index (κ2) is 10.0. The molecule has 1 aliphatic heterocycles. The zero-order valence-electron chi connectivity index (χ0n) is 16.7. The van der Waals surface area contributed by atoms with E-state index in [1.807, 2.05) is 18.7 Å². The molecule has 2 heterocycles. The van der Waals surface area contributed by atoms with Gasteiger partial charge in [-0.1, -0.05) is 13.0 Å². The van der Waals surface area contributed by atoms with Gasteiger partial charge in [0.15, 0.2) is 0 Å². The third-order valence-corrected chi connectivity index (χ3v) is 6.08. The number of aromatic amines is 1. The molecule has 27 heavy (non-hydrogen) atoms. The zero-order valence-corrected chi connectivity index (χ0v) is 16.7. The maximum absolute atomic E-state index is 6.43. The molecule has 1 aliphatic carbocycles. The van der Waals surface area contributed by atoms with Crippen molar-refractivity contribution >= 4 is 6.34 Å². The number of nitrogens with one attached hydrogen (secondary N) is 2. The van der Waals surface area contributed by atoms with Crippen molar-refractivity contribution in [2.75, 3.05) is 13.1 Å². The van der Waals surface area contributed by atoms with Crippen LogP contribution in [-0.4, -0.2) is 46.4 Å². The molecule has 1 saturated heterocycles. The average Bonchev–Trinajstić information content (AvgIpc) is 3.20.